The molecule has 6 heteroatoms. The highest BCUT2D eigenvalue weighted by Gasteiger charge is 2.27. The van der Waals surface area contributed by atoms with E-state index in [1.807, 2.05) is 6.07 Å². The Bertz CT molecular complexity index is 995. The van der Waals surface area contributed by atoms with Crippen molar-refractivity contribution in [2.75, 3.05) is 26.8 Å². The van der Waals surface area contributed by atoms with E-state index in [1.54, 1.807) is 25.6 Å². The average Bonchev–Trinajstić information content (AvgIpc) is 2.75. The minimum absolute atomic E-state index is 0.229. The Kier molecular flexibility index (Phi) is 5.83. The van der Waals surface area contributed by atoms with Gasteiger partial charge in [0.2, 0.25) is 0 Å². The van der Waals surface area contributed by atoms with Gasteiger partial charge >= 0.3 is 0 Å². The lowest BCUT2D eigenvalue weighted by Gasteiger charge is -2.33. The van der Waals surface area contributed by atoms with Crippen molar-refractivity contribution >= 4 is 0 Å². The first-order chi connectivity index (χ1) is 14.1. The Balaban J connectivity index is 1.57. The second-order valence-corrected chi connectivity index (χ2v) is 7.21. The molecule has 0 aliphatic carbocycles. The van der Waals surface area contributed by atoms with Crippen molar-refractivity contribution in [3.05, 3.63) is 77.5 Å². The van der Waals surface area contributed by atoms with Crippen LogP contribution in [0.4, 0.5) is 4.39 Å². The summed E-state index contributed by atoms with van der Waals surface area (Å²) in [5, 5.41) is 0. The fraction of sp³-hybridized carbons (Fsp3) is 0.304. The highest BCUT2D eigenvalue weighted by Crippen LogP contribution is 2.30. The van der Waals surface area contributed by atoms with Gasteiger partial charge in [0.15, 0.2) is 0 Å². The van der Waals surface area contributed by atoms with Crippen LogP contribution in [0, 0.1) is 12.7 Å². The van der Waals surface area contributed by atoms with Crippen LogP contribution in [0.5, 0.6) is 5.75 Å². The van der Waals surface area contributed by atoms with E-state index in [2.05, 4.69) is 40.0 Å². The van der Waals surface area contributed by atoms with E-state index in [9.17, 15) is 4.39 Å². The SMILES string of the molecule is COc1cc(C)ccc1CN1CCO[C@@H](c2nccnc2-c2cccc(F)c2)C1. The van der Waals surface area contributed by atoms with Gasteiger partial charge in [0.1, 0.15) is 17.7 Å². The Morgan fingerprint density at radius 3 is 2.86 bits per heavy atom. The van der Waals surface area contributed by atoms with Crippen LogP contribution in [-0.4, -0.2) is 41.7 Å². The molecule has 2 heterocycles. The number of hydrogen-bond donors (Lipinski definition) is 0. The summed E-state index contributed by atoms with van der Waals surface area (Å²) in [6.07, 6.45) is 3.05. The predicted octanol–water partition coefficient (Wildman–Crippen LogP) is 4.17. The van der Waals surface area contributed by atoms with E-state index in [0.29, 0.717) is 24.4 Å². The third-order valence-electron chi connectivity index (χ3n) is 5.12. The van der Waals surface area contributed by atoms with E-state index in [1.165, 1.54) is 17.7 Å². The van der Waals surface area contributed by atoms with Gasteiger partial charge in [-0.2, -0.15) is 0 Å². The topological polar surface area (TPSA) is 47.5 Å². The minimum Gasteiger partial charge on any atom is -0.496 e. The monoisotopic (exact) mass is 393 g/mol. The van der Waals surface area contributed by atoms with Gasteiger partial charge in [-0.3, -0.25) is 14.9 Å². The third kappa shape index (κ3) is 4.44. The first kappa shape index (κ1) is 19.5. The standard InChI is InChI=1S/C23H24FN3O2/c1-16-6-7-18(20(12-16)28-2)14-27-10-11-29-21(15-27)23-22(25-8-9-26-23)17-4-3-5-19(24)13-17/h3-9,12-13,21H,10-11,14-15H2,1-2H3/t21-/m1/s1. The largest absolute Gasteiger partial charge is 0.496 e. The molecule has 0 radical (unpaired) electrons. The molecule has 0 saturated carbocycles. The van der Waals surface area contributed by atoms with E-state index >= 15 is 0 Å². The molecule has 5 nitrogen and oxygen atoms in total. The zero-order valence-electron chi connectivity index (χ0n) is 16.6. The van der Waals surface area contributed by atoms with Crippen molar-refractivity contribution in [2.45, 2.75) is 19.6 Å². The molecule has 0 bridgehead atoms. The smallest absolute Gasteiger partial charge is 0.123 e. The van der Waals surface area contributed by atoms with Crippen LogP contribution in [-0.2, 0) is 11.3 Å². The molecule has 1 aromatic heterocycles. The summed E-state index contributed by atoms with van der Waals surface area (Å²) in [4.78, 5) is 11.3. The van der Waals surface area contributed by atoms with Crippen LogP contribution >= 0.6 is 0 Å². The number of aromatic nitrogens is 2. The van der Waals surface area contributed by atoms with E-state index < -0.39 is 0 Å². The summed E-state index contributed by atoms with van der Waals surface area (Å²) < 4.78 is 25.3. The van der Waals surface area contributed by atoms with Gasteiger partial charge in [-0.1, -0.05) is 24.3 Å². The van der Waals surface area contributed by atoms with Gasteiger partial charge in [0.25, 0.3) is 0 Å². The lowest BCUT2D eigenvalue weighted by molar-refractivity contribution is -0.0350. The van der Waals surface area contributed by atoms with Crippen LogP contribution in [0.25, 0.3) is 11.3 Å². The number of methoxy groups -OCH3 is 1. The molecule has 1 aliphatic heterocycles. The quantitative estimate of drug-likeness (QED) is 0.651. The predicted molar refractivity (Wildman–Crippen MR) is 109 cm³/mol. The summed E-state index contributed by atoms with van der Waals surface area (Å²) in [5.74, 6) is 0.602. The molecule has 150 valence electrons. The number of ether oxygens (including phenoxy) is 2. The number of benzene rings is 2. The van der Waals surface area contributed by atoms with Crippen LogP contribution in [0.3, 0.4) is 0 Å². The summed E-state index contributed by atoms with van der Waals surface area (Å²) in [7, 11) is 1.70. The first-order valence-electron chi connectivity index (χ1n) is 9.68. The van der Waals surface area contributed by atoms with Gasteiger partial charge in [0.05, 0.1) is 25.1 Å². The second-order valence-electron chi connectivity index (χ2n) is 7.21. The van der Waals surface area contributed by atoms with Crippen LogP contribution < -0.4 is 4.74 Å². The maximum absolute atomic E-state index is 13.7. The van der Waals surface area contributed by atoms with Crippen molar-refractivity contribution < 1.29 is 13.9 Å². The summed E-state index contributed by atoms with van der Waals surface area (Å²) >= 11 is 0. The normalized spacial score (nSPS) is 17.3. The van der Waals surface area contributed by atoms with Crippen LogP contribution in [0.1, 0.15) is 22.9 Å². The molecule has 29 heavy (non-hydrogen) atoms. The Morgan fingerprint density at radius 2 is 2.03 bits per heavy atom. The van der Waals surface area contributed by atoms with Crippen LogP contribution in [0.2, 0.25) is 0 Å². The molecule has 0 N–H and O–H groups in total. The average molecular weight is 393 g/mol. The lowest BCUT2D eigenvalue weighted by Crippen LogP contribution is -2.38. The molecule has 0 amide bonds. The molecule has 4 rings (SSSR count). The molecule has 0 unspecified atom stereocenters. The van der Waals surface area contributed by atoms with E-state index in [0.717, 1.165) is 30.1 Å². The van der Waals surface area contributed by atoms with Crippen molar-refractivity contribution in [1.29, 1.82) is 0 Å². The Labute approximate surface area is 170 Å². The maximum Gasteiger partial charge on any atom is 0.123 e. The molecule has 1 saturated heterocycles. The Hall–Kier alpha value is -2.83. The molecule has 0 spiro atoms. The maximum atomic E-state index is 13.7. The van der Waals surface area contributed by atoms with Crippen molar-refractivity contribution in [2.24, 2.45) is 0 Å². The highest BCUT2D eigenvalue weighted by molar-refractivity contribution is 5.61. The van der Waals surface area contributed by atoms with Crippen molar-refractivity contribution in [1.82, 2.24) is 14.9 Å². The number of aryl methyl sites for hydroxylation is 1. The fourth-order valence-corrected chi connectivity index (χ4v) is 3.68. The van der Waals surface area contributed by atoms with Crippen molar-refractivity contribution in [3.8, 4) is 17.0 Å². The number of hydrogen-bond acceptors (Lipinski definition) is 5. The van der Waals surface area contributed by atoms with Gasteiger partial charge in [-0.05, 0) is 30.7 Å². The summed E-state index contributed by atoms with van der Waals surface area (Å²) in [6.45, 7) is 4.91. The molecule has 1 aliphatic rings. The zero-order valence-corrected chi connectivity index (χ0v) is 16.6. The number of halogens is 1. The summed E-state index contributed by atoms with van der Waals surface area (Å²) in [6, 6.07) is 12.7. The van der Waals surface area contributed by atoms with E-state index in [4.69, 9.17) is 9.47 Å². The Morgan fingerprint density at radius 1 is 1.17 bits per heavy atom. The van der Waals surface area contributed by atoms with Gasteiger partial charge < -0.3 is 9.47 Å². The third-order valence-corrected chi connectivity index (χ3v) is 5.12. The molecule has 1 atom stereocenters. The van der Waals surface area contributed by atoms with Gasteiger partial charge in [-0.25, -0.2) is 4.39 Å². The molecular formula is C23H24FN3O2. The molecule has 1 fully saturated rings. The molecular weight excluding hydrogens is 369 g/mol. The fourth-order valence-electron chi connectivity index (χ4n) is 3.68. The van der Waals surface area contributed by atoms with Crippen molar-refractivity contribution in [3.63, 3.8) is 0 Å². The number of nitrogens with zero attached hydrogens (tertiary/aromatic N) is 3. The number of rotatable bonds is 5. The lowest BCUT2D eigenvalue weighted by atomic mass is 10.0. The zero-order chi connectivity index (χ0) is 20.2. The second kappa shape index (κ2) is 8.68. The molecule has 2 aromatic carbocycles. The van der Waals surface area contributed by atoms with Gasteiger partial charge in [0, 0.05) is 43.2 Å². The van der Waals surface area contributed by atoms with Crippen LogP contribution in [0.15, 0.2) is 54.9 Å². The first-order valence-corrected chi connectivity index (χ1v) is 9.68. The van der Waals surface area contributed by atoms with Gasteiger partial charge in [-0.15, -0.1) is 0 Å². The number of morpholine rings is 1. The van der Waals surface area contributed by atoms with E-state index in [-0.39, 0.29) is 11.9 Å². The minimum atomic E-state index is -0.295. The summed E-state index contributed by atoms with van der Waals surface area (Å²) in [5.41, 5.74) is 4.41. The molecule has 3 aromatic rings. The highest BCUT2D eigenvalue weighted by atomic mass is 19.1.